The Balaban J connectivity index is 3.40. The van der Waals surface area contributed by atoms with Gasteiger partial charge in [-0.1, -0.05) is 64.7 Å². The van der Waals surface area contributed by atoms with E-state index in [1.54, 1.807) is 7.05 Å². The molecule has 0 aliphatic rings. The minimum atomic E-state index is -1.16. The molecule has 0 aromatic carbocycles. The number of carboxylic acids is 1. The number of nitrogens with zero attached hydrogens (tertiary/aromatic N) is 1. The Hall–Kier alpha value is -1.36. The number of rotatable bonds is 14. The summed E-state index contributed by atoms with van der Waals surface area (Å²) in [5.74, 6) is -1.81. The zero-order valence-electron chi connectivity index (χ0n) is 14.1. The average Bonchev–Trinajstić information content (AvgIpc) is 2.47. The SMILES string of the molecule is CCCCCCCCCCCCN(C)OC(=O)/C=C/C(=O)O. The van der Waals surface area contributed by atoms with Gasteiger partial charge in [0.1, 0.15) is 0 Å². The monoisotopic (exact) mass is 313 g/mol. The van der Waals surface area contributed by atoms with E-state index in [2.05, 4.69) is 6.92 Å². The number of hydrogen-bond acceptors (Lipinski definition) is 4. The number of aliphatic carboxylic acids is 1. The van der Waals surface area contributed by atoms with E-state index < -0.39 is 11.9 Å². The lowest BCUT2D eigenvalue weighted by atomic mass is 10.1. The maximum atomic E-state index is 11.2. The minimum absolute atomic E-state index is 0.656. The summed E-state index contributed by atoms with van der Waals surface area (Å²) in [4.78, 5) is 26.4. The van der Waals surface area contributed by atoms with Crippen LogP contribution in [0, 0.1) is 0 Å². The van der Waals surface area contributed by atoms with Crippen LogP contribution in [-0.4, -0.2) is 35.7 Å². The van der Waals surface area contributed by atoms with Gasteiger partial charge >= 0.3 is 11.9 Å². The molecule has 0 unspecified atom stereocenters. The molecular weight excluding hydrogens is 282 g/mol. The third-order valence-electron chi connectivity index (χ3n) is 3.43. The highest BCUT2D eigenvalue weighted by atomic mass is 16.7. The van der Waals surface area contributed by atoms with Gasteiger partial charge in [-0.2, -0.15) is 0 Å². The highest BCUT2D eigenvalue weighted by molar-refractivity contribution is 5.90. The fraction of sp³-hybridized carbons (Fsp3) is 0.765. The van der Waals surface area contributed by atoms with Crippen molar-refractivity contribution in [3.8, 4) is 0 Å². The first-order valence-electron chi connectivity index (χ1n) is 8.40. The zero-order chi connectivity index (χ0) is 16.6. The van der Waals surface area contributed by atoms with Crippen LogP contribution < -0.4 is 0 Å². The molecule has 0 radical (unpaired) electrons. The Kier molecular flexibility index (Phi) is 13.7. The first kappa shape index (κ1) is 20.6. The number of unbranched alkanes of at least 4 members (excludes halogenated alkanes) is 9. The molecule has 0 aliphatic carbocycles. The quantitative estimate of drug-likeness (QED) is 0.299. The number of carbonyl (C=O) groups excluding carboxylic acids is 1. The van der Waals surface area contributed by atoms with Crippen molar-refractivity contribution in [3.05, 3.63) is 12.2 Å². The third-order valence-corrected chi connectivity index (χ3v) is 3.43. The number of hydrogen-bond donors (Lipinski definition) is 1. The second-order valence-electron chi connectivity index (χ2n) is 5.62. The number of carboxylic acid groups (broad SMARTS) is 1. The minimum Gasteiger partial charge on any atom is -0.478 e. The fourth-order valence-electron chi connectivity index (χ4n) is 2.19. The van der Waals surface area contributed by atoms with Crippen molar-refractivity contribution in [3.63, 3.8) is 0 Å². The van der Waals surface area contributed by atoms with Gasteiger partial charge in [-0.15, -0.1) is 5.06 Å². The molecule has 0 atom stereocenters. The molecule has 0 saturated carbocycles. The molecule has 128 valence electrons. The molecular formula is C17H31NO4. The number of carbonyl (C=O) groups is 2. The van der Waals surface area contributed by atoms with E-state index in [9.17, 15) is 9.59 Å². The molecule has 0 saturated heterocycles. The van der Waals surface area contributed by atoms with Crippen molar-refractivity contribution in [1.29, 1.82) is 0 Å². The average molecular weight is 313 g/mol. The van der Waals surface area contributed by atoms with Gasteiger partial charge in [0.05, 0.1) is 0 Å². The summed E-state index contributed by atoms with van der Waals surface area (Å²) >= 11 is 0. The predicted octanol–water partition coefficient (Wildman–Crippen LogP) is 3.94. The third kappa shape index (κ3) is 15.0. The molecule has 5 heteroatoms. The Bertz CT molecular complexity index is 329. The van der Waals surface area contributed by atoms with Gasteiger partial charge in [0, 0.05) is 25.7 Å². The highest BCUT2D eigenvalue weighted by Gasteiger charge is 2.04. The van der Waals surface area contributed by atoms with Crippen LogP contribution in [0.15, 0.2) is 12.2 Å². The summed E-state index contributed by atoms with van der Waals surface area (Å²) in [6, 6.07) is 0. The molecule has 1 N–H and O–H groups in total. The van der Waals surface area contributed by atoms with Crippen molar-refractivity contribution in [2.24, 2.45) is 0 Å². The molecule has 5 nitrogen and oxygen atoms in total. The van der Waals surface area contributed by atoms with Crippen LogP contribution in [-0.2, 0) is 14.4 Å². The molecule has 0 rings (SSSR count). The van der Waals surface area contributed by atoms with E-state index in [-0.39, 0.29) is 0 Å². The van der Waals surface area contributed by atoms with Gasteiger partial charge in [0.25, 0.3) is 0 Å². The summed E-state index contributed by atoms with van der Waals surface area (Å²) < 4.78 is 0. The summed E-state index contributed by atoms with van der Waals surface area (Å²) in [7, 11) is 1.68. The lowest BCUT2D eigenvalue weighted by molar-refractivity contribution is -0.177. The molecule has 0 heterocycles. The van der Waals surface area contributed by atoms with Crippen molar-refractivity contribution in [1.82, 2.24) is 5.06 Å². The van der Waals surface area contributed by atoms with E-state index >= 15 is 0 Å². The summed E-state index contributed by atoms with van der Waals surface area (Å²) in [5, 5.41) is 9.85. The van der Waals surface area contributed by atoms with E-state index in [1.807, 2.05) is 0 Å². The Labute approximate surface area is 134 Å². The van der Waals surface area contributed by atoms with Crippen LogP contribution in [0.5, 0.6) is 0 Å². The predicted molar refractivity (Wildman–Crippen MR) is 87.3 cm³/mol. The number of hydroxylamine groups is 2. The van der Waals surface area contributed by atoms with Crippen molar-refractivity contribution in [2.75, 3.05) is 13.6 Å². The van der Waals surface area contributed by atoms with Crippen LogP contribution >= 0.6 is 0 Å². The summed E-state index contributed by atoms with van der Waals surface area (Å²) in [6.07, 6.45) is 14.3. The standard InChI is InChI=1S/C17H31NO4/c1-3-4-5-6-7-8-9-10-11-12-15-18(2)22-17(21)14-13-16(19)20/h13-14H,3-12,15H2,1-2H3,(H,19,20)/b14-13+. The largest absolute Gasteiger partial charge is 0.478 e. The molecule has 0 aliphatic heterocycles. The smallest absolute Gasteiger partial charge is 0.349 e. The maximum absolute atomic E-state index is 11.2. The van der Waals surface area contributed by atoms with Crippen molar-refractivity contribution >= 4 is 11.9 Å². The van der Waals surface area contributed by atoms with Gasteiger partial charge in [-0.3, -0.25) is 0 Å². The lowest BCUT2D eigenvalue weighted by Crippen LogP contribution is -2.23. The van der Waals surface area contributed by atoms with Gasteiger partial charge in [-0.25, -0.2) is 9.59 Å². The van der Waals surface area contributed by atoms with E-state index in [0.717, 1.165) is 25.0 Å². The molecule has 0 bridgehead atoms. The molecule has 0 aromatic heterocycles. The molecule has 0 amide bonds. The summed E-state index contributed by atoms with van der Waals surface area (Å²) in [5.41, 5.74) is 0. The van der Waals surface area contributed by atoms with E-state index in [0.29, 0.717) is 6.54 Å². The Morgan fingerprint density at radius 3 is 1.91 bits per heavy atom. The van der Waals surface area contributed by atoms with Gasteiger partial charge in [0.2, 0.25) is 0 Å². The second kappa shape index (κ2) is 14.6. The first-order valence-corrected chi connectivity index (χ1v) is 8.40. The summed E-state index contributed by atoms with van der Waals surface area (Å²) in [6.45, 7) is 2.90. The van der Waals surface area contributed by atoms with Gasteiger partial charge in [0.15, 0.2) is 0 Å². The molecule has 0 fully saturated rings. The second-order valence-corrected chi connectivity index (χ2v) is 5.62. The van der Waals surface area contributed by atoms with E-state index in [4.69, 9.17) is 9.94 Å². The van der Waals surface area contributed by atoms with Gasteiger partial charge < -0.3 is 9.94 Å². The molecule has 0 aromatic rings. The maximum Gasteiger partial charge on any atom is 0.349 e. The topological polar surface area (TPSA) is 66.8 Å². The van der Waals surface area contributed by atoms with Crippen molar-refractivity contribution < 1.29 is 19.5 Å². The molecule has 22 heavy (non-hydrogen) atoms. The van der Waals surface area contributed by atoms with E-state index in [1.165, 1.54) is 56.4 Å². The lowest BCUT2D eigenvalue weighted by Gasteiger charge is -2.14. The molecule has 0 spiro atoms. The Morgan fingerprint density at radius 2 is 1.41 bits per heavy atom. The highest BCUT2D eigenvalue weighted by Crippen LogP contribution is 2.10. The van der Waals surface area contributed by atoms with Crippen LogP contribution in [0.2, 0.25) is 0 Å². The van der Waals surface area contributed by atoms with Crippen LogP contribution in [0.3, 0.4) is 0 Å². The first-order chi connectivity index (χ1) is 10.6. The van der Waals surface area contributed by atoms with Gasteiger partial charge in [-0.05, 0) is 6.42 Å². The Morgan fingerprint density at radius 1 is 0.909 bits per heavy atom. The van der Waals surface area contributed by atoms with Crippen LogP contribution in [0.25, 0.3) is 0 Å². The fourth-order valence-corrected chi connectivity index (χ4v) is 2.19. The normalized spacial score (nSPS) is 11.2. The van der Waals surface area contributed by atoms with Crippen LogP contribution in [0.1, 0.15) is 71.1 Å². The van der Waals surface area contributed by atoms with Crippen LogP contribution in [0.4, 0.5) is 0 Å². The van der Waals surface area contributed by atoms with Crippen molar-refractivity contribution in [2.45, 2.75) is 71.1 Å². The zero-order valence-corrected chi connectivity index (χ0v) is 14.1.